The molecule has 1 aliphatic rings. The van der Waals surface area contributed by atoms with Gasteiger partial charge in [-0.05, 0) is 12.8 Å². The van der Waals surface area contributed by atoms with Gasteiger partial charge in [-0.3, -0.25) is 4.79 Å². The van der Waals surface area contributed by atoms with E-state index in [-0.39, 0.29) is 0 Å². The van der Waals surface area contributed by atoms with Gasteiger partial charge in [0.15, 0.2) is 0 Å². The number of carboxylic acid groups (broad SMARTS) is 1. The van der Waals surface area contributed by atoms with Gasteiger partial charge >= 0.3 is 17.3 Å². The molecular formula is C9H13N3O4. The van der Waals surface area contributed by atoms with Crippen LogP contribution >= 0.6 is 0 Å². The topological polar surface area (TPSA) is 108 Å². The Kier molecular flexibility index (Phi) is 2.67. The Morgan fingerprint density at radius 2 is 1.75 bits per heavy atom. The molecule has 1 fully saturated rings. The SMILES string of the molecule is O=C(O)C1CCCCC1n1c(=O)[nH][nH]c1=O. The number of H-pyrrole nitrogens is 2. The van der Waals surface area contributed by atoms with Crippen LogP contribution < -0.4 is 11.4 Å². The summed E-state index contributed by atoms with van der Waals surface area (Å²) in [5, 5.41) is 13.4. The molecule has 0 aromatic carbocycles. The van der Waals surface area contributed by atoms with Gasteiger partial charge in [-0.2, -0.15) is 0 Å². The zero-order valence-corrected chi connectivity index (χ0v) is 8.60. The van der Waals surface area contributed by atoms with Crippen LogP contribution in [0.25, 0.3) is 0 Å². The molecule has 16 heavy (non-hydrogen) atoms. The highest BCUT2D eigenvalue weighted by Crippen LogP contribution is 2.32. The van der Waals surface area contributed by atoms with Crippen LogP contribution in [0.4, 0.5) is 0 Å². The van der Waals surface area contributed by atoms with Crippen molar-refractivity contribution in [1.29, 1.82) is 0 Å². The van der Waals surface area contributed by atoms with E-state index >= 15 is 0 Å². The lowest BCUT2D eigenvalue weighted by molar-refractivity contribution is -0.144. The minimum absolute atomic E-state index is 0.511. The standard InChI is InChI=1S/C9H13N3O4/c13-7(14)5-3-1-2-4-6(5)12-8(15)10-11-9(12)16/h5-6H,1-4H2,(H,10,15)(H,11,16)(H,13,14). The number of aromatic amines is 2. The molecule has 2 unspecified atom stereocenters. The van der Waals surface area contributed by atoms with Gasteiger partial charge in [0.1, 0.15) is 0 Å². The number of aliphatic carboxylic acids is 1. The van der Waals surface area contributed by atoms with E-state index in [0.717, 1.165) is 17.4 Å². The first kappa shape index (κ1) is 10.7. The van der Waals surface area contributed by atoms with E-state index < -0.39 is 29.3 Å². The Labute approximate surface area is 90.1 Å². The molecule has 1 heterocycles. The molecule has 7 nitrogen and oxygen atoms in total. The van der Waals surface area contributed by atoms with Crippen LogP contribution in [0, 0.1) is 5.92 Å². The summed E-state index contributed by atoms with van der Waals surface area (Å²) >= 11 is 0. The number of carbonyl (C=O) groups is 1. The lowest BCUT2D eigenvalue weighted by Gasteiger charge is -2.27. The molecule has 3 N–H and O–H groups in total. The van der Waals surface area contributed by atoms with Crippen LogP contribution in [0.1, 0.15) is 31.7 Å². The molecule has 0 saturated heterocycles. The van der Waals surface area contributed by atoms with Gasteiger partial charge in [0.2, 0.25) is 0 Å². The Hall–Kier alpha value is -1.79. The number of nitrogens with one attached hydrogen (secondary N) is 2. The Morgan fingerprint density at radius 1 is 1.19 bits per heavy atom. The summed E-state index contributed by atoms with van der Waals surface area (Å²) in [6.45, 7) is 0. The molecule has 1 aliphatic carbocycles. The van der Waals surface area contributed by atoms with Gasteiger partial charge in [-0.15, -0.1) is 0 Å². The van der Waals surface area contributed by atoms with Crippen molar-refractivity contribution in [3.63, 3.8) is 0 Å². The van der Waals surface area contributed by atoms with Crippen LogP contribution in [0.15, 0.2) is 9.59 Å². The van der Waals surface area contributed by atoms with E-state index in [1.807, 2.05) is 0 Å². The fraction of sp³-hybridized carbons (Fsp3) is 0.667. The van der Waals surface area contributed by atoms with Gasteiger partial charge in [0.25, 0.3) is 0 Å². The highest BCUT2D eigenvalue weighted by molar-refractivity contribution is 5.70. The second-order valence-corrected chi connectivity index (χ2v) is 4.03. The summed E-state index contributed by atoms with van der Waals surface area (Å²) in [5.41, 5.74) is -1.13. The molecule has 1 aromatic rings. The first-order valence-corrected chi connectivity index (χ1v) is 5.23. The minimum atomic E-state index is -0.947. The van der Waals surface area contributed by atoms with Crippen molar-refractivity contribution in [1.82, 2.24) is 14.8 Å². The molecule has 2 atom stereocenters. The summed E-state index contributed by atoms with van der Waals surface area (Å²) < 4.78 is 0.984. The first-order chi connectivity index (χ1) is 7.61. The van der Waals surface area contributed by atoms with Gasteiger partial charge in [-0.1, -0.05) is 12.8 Å². The lowest BCUT2D eigenvalue weighted by atomic mass is 9.84. The van der Waals surface area contributed by atoms with E-state index in [4.69, 9.17) is 5.11 Å². The summed E-state index contributed by atoms with van der Waals surface area (Å²) in [6, 6.07) is -0.534. The van der Waals surface area contributed by atoms with Crippen molar-refractivity contribution in [2.75, 3.05) is 0 Å². The number of carboxylic acids is 1. The predicted molar refractivity (Wildman–Crippen MR) is 54.3 cm³/mol. The van der Waals surface area contributed by atoms with E-state index in [1.54, 1.807) is 0 Å². The molecule has 0 spiro atoms. The number of rotatable bonds is 2. The zero-order valence-electron chi connectivity index (χ0n) is 8.60. The van der Waals surface area contributed by atoms with Crippen LogP contribution in [0.2, 0.25) is 0 Å². The number of hydrogen-bond acceptors (Lipinski definition) is 3. The fourth-order valence-corrected chi connectivity index (χ4v) is 2.33. The van der Waals surface area contributed by atoms with Gasteiger partial charge < -0.3 is 5.11 Å². The maximum absolute atomic E-state index is 11.4. The van der Waals surface area contributed by atoms with Crippen molar-refractivity contribution in [2.45, 2.75) is 31.7 Å². The van der Waals surface area contributed by atoms with Crippen LogP contribution in [-0.2, 0) is 4.79 Å². The number of hydrogen-bond donors (Lipinski definition) is 3. The number of aromatic nitrogens is 3. The summed E-state index contributed by atoms with van der Waals surface area (Å²) in [4.78, 5) is 33.8. The second kappa shape index (κ2) is 3.99. The Bertz CT molecular complexity index is 470. The summed E-state index contributed by atoms with van der Waals surface area (Å²) in [7, 11) is 0. The van der Waals surface area contributed by atoms with Crippen LogP contribution in [0.3, 0.4) is 0 Å². The zero-order chi connectivity index (χ0) is 11.7. The third-order valence-corrected chi connectivity index (χ3v) is 3.09. The van der Waals surface area contributed by atoms with Gasteiger partial charge in [0.05, 0.1) is 12.0 Å². The molecule has 0 radical (unpaired) electrons. The third-order valence-electron chi connectivity index (χ3n) is 3.09. The molecule has 1 saturated carbocycles. The molecule has 88 valence electrons. The lowest BCUT2D eigenvalue weighted by Crippen LogP contribution is -2.39. The predicted octanol–water partition coefficient (Wildman–Crippen LogP) is -0.319. The first-order valence-electron chi connectivity index (χ1n) is 5.23. The highest BCUT2D eigenvalue weighted by atomic mass is 16.4. The second-order valence-electron chi connectivity index (χ2n) is 4.03. The largest absolute Gasteiger partial charge is 0.481 e. The molecule has 1 aromatic heterocycles. The summed E-state index contributed by atoms with van der Waals surface area (Å²) in [6.07, 6.45) is 2.73. The maximum atomic E-state index is 11.4. The van der Waals surface area contributed by atoms with E-state index in [2.05, 4.69) is 10.2 Å². The van der Waals surface area contributed by atoms with Gasteiger partial charge in [0, 0.05) is 0 Å². The van der Waals surface area contributed by atoms with Crippen molar-refractivity contribution in [3.05, 3.63) is 21.0 Å². The molecule has 2 rings (SSSR count). The molecular weight excluding hydrogens is 214 g/mol. The van der Waals surface area contributed by atoms with Crippen LogP contribution in [-0.4, -0.2) is 25.8 Å². The van der Waals surface area contributed by atoms with E-state index in [9.17, 15) is 14.4 Å². The Balaban J connectivity index is 2.41. The quantitative estimate of drug-likeness (QED) is 0.643. The van der Waals surface area contributed by atoms with E-state index in [1.165, 1.54) is 0 Å². The Morgan fingerprint density at radius 3 is 2.31 bits per heavy atom. The van der Waals surface area contributed by atoms with Crippen molar-refractivity contribution in [2.24, 2.45) is 5.92 Å². The average molecular weight is 227 g/mol. The maximum Gasteiger partial charge on any atom is 0.344 e. The van der Waals surface area contributed by atoms with Crippen molar-refractivity contribution >= 4 is 5.97 Å². The molecule has 7 heteroatoms. The monoisotopic (exact) mass is 227 g/mol. The molecule has 0 amide bonds. The van der Waals surface area contributed by atoms with Crippen LogP contribution in [0.5, 0.6) is 0 Å². The summed E-state index contributed by atoms with van der Waals surface area (Å²) in [5.74, 6) is -1.60. The smallest absolute Gasteiger partial charge is 0.344 e. The average Bonchev–Trinajstić information content (AvgIpc) is 2.58. The van der Waals surface area contributed by atoms with Gasteiger partial charge in [-0.25, -0.2) is 24.4 Å². The normalized spacial score (nSPS) is 25.5. The minimum Gasteiger partial charge on any atom is -0.481 e. The number of nitrogens with zero attached hydrogens (tertiary/aromatic N) is 1. The van der Waals surface area contributed by atoms with Crippen molar-refractivity contribution in [3.8, 4) is 0 Å². The molecule has 0 aliphatic heterocycles. The third kappa shape index (κ3) is 1.68. The van der Waals surface area contributed by atoms with Crippen molar-refractivity contribution < 1.29 is 9.90 Å². The fourth-order valence-electron chi connectivity index (χ4n) is 2.33. The molecule has 0 bridgehead atoms. The highest BCUT2D eigenvalue weighted by Gasteiger charge is 2.34. The van der Waals surface area contributed by atoms with E-state index in [0.29, 0.717) is 12.8 Å².